The van der Waals surface area contributed by atoms with Crippen LogP contribution in [-0.4, -0.2) is 12.1 Å². The number of nitrogens with one attached hydrogen (secondary N) is 1. The maximum absolute atomic E-state index is 5.97. The van der Waals surface area contributed by atoms with Gasteiger partial charge in [-0.1, -0.05) is 11.6 Å². The average Bonchev–Trinajstić information content (AvgIpc) is 2.56. The highest BCUT2D eigenvalue weighted by Gasteiger charge is 2.23. The van der Waals surface area contributed by atoms with Gasteiger partial charge in [0.25, 0.3) is 0 Å². The van der Waals surface area contributed by atoms with Crippen LogP contribution in [0.1, 0.15) is 19.3 Å². The first-order valence-corrected chi connectivity index (χ1v) is 5.41. The summed E-state index contributed by atoms with van der Waals surface area (Å²) in [6.07, 6.45) is 3.53. The van der Waals surface area contributed by atoms with E-state index in [0.29, 0.717) is 12.1 Å². The van der Waals surface area contributed by atoms with Crippen molar-refractivity contribution in [2.75, 3.05) is 5.32 Å². The van der Waals surface area contributed by atoms with Gasteiger partial charge in [0.2, 0.25) is 0 Å². The molecule has 0 aliphatic heterocycles. The molecule has 0 saturated heterocycles. The minimum absolute atomic E-state index is 0.297. The Morgan fingerprint density at radius 2 is 1.93 bits per heavy atom. The average molecular weight is 211 g/mol. The third-order valence-electron chi connectivity index (χ3n) is 2.77. The summed E-state index contributed by atoms with van der Waals surface area (Å²) in [5, 5.41) is 4.20. The molecule has 3 N–H and O–H groups in total. The molecule has 1 aliphatic rings. The van der Waals surface area contributed by atoms with Gasteiger partial charge >= 0.3 is 0 Å². The van der Waals surface area contributed by atoms with Crippen LogP contribution in [0.15, 0.2) is 24.3 Å². The van der Waals surface area contributed by atoms with E-state index in [9.17, 15) is 0 Å². The summed E-state index contributed by atoms with van der Waals surface area (Å²) < 4.78 is 0. The van der Waals surface area contributed by atoms with Gasteiger partial charge in [-0.2, -0.15) is 0 Å². The summed E-state index contributed by atoms with van der Waals surface area (Å²) >= 11 is 5.80. The van der Waals surface area contributed by atoms with Crippen molar-refractivity contribution >= 4 is 17.3 Å². The summed E-state index contributed by atoms with van der Waals surface area (Å²) in [6.45, 7) is 0. The maximum Gasteiger partial charge on any atom is 0.0412 e. The van der Waals surface area contributed by atoms with Gasteiger partial charge in [-0.25, -0.2) is 0 Å². The molecule has 0 radical (unpaired) electrons. The predicted octanol–water partition coefficient (Wildman–Crippen LogP) is 2.63. The lowest BCUT2D eigenvalue weighted by Crippen LogP contribution is -2.35. The Hall–Kier alpha value is -0.730. The van der Waals surface area contributed by atoms with Crippen LogP contribution in [0.4, 0.5) is 5.69 Å². The van der Waals surface area contributed by atoms with Crippen LogP contribution in [0.2, 0.25) is 5.02 Å². The number of halogens is 1. The lowest BCUT2D eigenvalue weighted by molar-refractivity contribution is 0.638. The molecule has 0 heterocycles. The number of hydrogen-bond acceptors (Lipinski definition) is 2. The normalized spacial score (nSPS) is 26.4. The van der Waals surface area contributed by atoms with E-state index >= 15 is 0 Å². The Kier molecular flexibility index (Phi) is 2.94. The number of rotatable bonds is 2. The number of benzene rings is 1. The molecule has 2 atom stereocenters. The van der Waals surface area contributed by atoms with Crippen LogP contribution < -0.4 is 11.1 Å². The molecule has 2 rings (SSSR count). The second-order valence-electron chi connectivity index (χ2n) is 3.85. The van der Waals surface area contributed by atoms with Crippen LogP contribution in [0.3, 0.4) is 0 Å². The third-order valence-corrected chi connectivity index (χ3v) is 3.02. The molecule has 0 bridgehead atoms. The van der Waals surface area contributed by atoms with Crippen molar-refractivity contribution in [1.29, 1.82) is 0 Å². The molecular weight excluding hydrogens is 196 g/mol. The van der Waals surface area contributed by atoms with Crippen molar-refractivity contribution in [2.24, 2.45) is 5.73 Å². The van der Waals surface area contributed by atoms with Gasteiger partial charge in [0, 0.05) is 22.8 Å². The zero-order valence-electron chi connectivity index (χ0n) is 8.04. The first kappa shape index (κ1) is 9.81. The molecule has 1 aliphatic carbocycles. The Bertz CT molecular complexity index is 297. The fourth-order valence-corrected chi connectivity index (χ4v) is 2.05. The monoisotopic (exact) mass is 210 g/mol. The Labute approximate surface area is 89.4 Å². The SMILES string of the molecule is N[C@@H]1CCC[C@H]1Nc1ccc(Cl)cc1. The topological polar surface area (TPSA) is 38.0 Å². The first-order chi connectivity index (χ1) is 6.75. The molecule has 1 fully saturated rings. The fraction of sp³-hybridized carbons (Fsp3) is 0.455. The molecule has 1 aromatic carbocycles. The second-order valence-corrected chi connectivity index (χ2v) is 4.29. The molecule has 1 saturated carbocycles. The van der Waals surface area contributed by atoms with Crippen molar-refractivity contribution in [3.05, 3.63) is 29.3 Å². The zero-order valence-corrected chi connectivity index (χ0v) is 8.80. The third kappa shape index (κ3) is 2.20. The van der Waals surface area contributed by atoms with Crippen molar-refractivity contribution in [1.82, 2.24) is 0 Å². The maximum atomic E-state index is 5.97. The van der Waals surface area contributed by atoms with Crippen molar-refractivity contribution in [3.8, 4) is 0 Å². The van der Waals surface area contributed by atoms with E-state index in [0.717, 1.165) is 17.1 Å². The zero-order chi connectivity index (χ0) is 9.97. The summed E-state index contributed by atoms with van der Waals surface area (Å²) in [6, 6.07) is 8.50. The largest absolute Gasteiger partial charge is 0.381 e. The molecule has 76 valence electrons. The van der Waals surface area contributed by atoms with Gasteiger partial charge in [-0.15, -0.1) is 0 Å². The summed E-state index contributed by atoms with van der Waals surface area (Å²) in [4.78, 5) is 0. The van der Waals surface area contributed by atoms with Gasteiger partial charge in [-0.05, 0) is 43.5 Å². The van der Waals surface area contributed by atoms with Gasteiger partial charge in [0.15, 0.2) is 0 Å². The Morgan fingerprint density at radius 1 is 1.21 bits per heavy atom. The first-order valence-electron chi connectivity index (χ1n) is 5.03. The van der Waals surface area contributed by atoms with Crippen LogP contribution in [0.5, 0.6) is 0 Å². The molecule has 0 amide bonds. The molecule has 0 unspecified atom stereocenters. The number of nitrogens with two attached hydrogens (primary N) is 1. The molecule has 1 aromatic rings. The van der Waals surface area contributed by atoms with Crippen LogP contribution >= 0.6 is 11.6 Å². The van der Waals surface area contributed by atoms with Crippen LogP contribution in [-0.2, 0) is 0 Å². The summed E-state index contributed by atoms with van der Waals surface area (Å²) in [5.74, 6) is 0. The van der Waals surface area contributed by atoms with E-state index in [1.54, 1.807) is 0 Å². The molecule has 2 nitrogen and oxygen atoms in total. The van der Waals surface area contributed by atoms with Crippen LogP contribution in [0.25, 0.3) is 0 Å². The van der Waals surface area contributed by atoms with Crippen LogP contribution in [0, 0.1) is 0 Å². The summed E-state index contributed by atoms with van der Waals surface area (Å²) in [5.41, 5.74) is 7.08. The van der Waals surface area contributed by atoms with Crippen molar-refractivity contribution in [2.45, 2.75) is 31.3 Å². The Morgan fingerprint density at radius 3 is 2.50 bits per heavy atom. The smallest absolute Gasteiger partial charge is 0.0412 e. The van der Waals surface area contributed by atoms with E-state index in [2.05, 4.69) is 5.32 Å². The van der Waals surface area contributed by atoms with Crippen molar-refractivity contribution in [3.63, 3.8) is 0 Å². The minimum Gasteiger partial charge on any atom is -0.381 e. The van der Waals surface area contributed by atoms with Gasteiger partial charge in [0.1, 0.15) is 0 Å². The molecular formula is C11H15ClN2. The standard InChI is InChI=1S/C11H15ClN2/c12-8-4-6-9(7-5-8)14-11-3-1-2-10(11)13/h4-7,10-11,14H,1-3,13H2/t10-,11-/m1/s1. The Balaban J connectivity index is 2.00. The molecule has 14 heavy (non-hydrogen) atoms. The quantitative estimate of drug-likeness (QED) is 0.788. The van der Waals surface area contributed by atoms with E-state index < -0.39 is 0 Å². The minimum atomic E-state index is 0.297. The number of anilines is 1. The van der Waals surface area contributed by atoms with E-state index in [1.165, 1.54) is 12.8 Å². The van der Waals surface area contributed by atoms with Gasteiger partial charge < -0.3 is 11.1 Å². The van der Waals surface area contributed by atoms with Crippen molar-refractivity contribution < 1.29 is 0 Å². The summed E-state index contributed by atoms with van der Waals surface area (Å²) in [7, 11) is 0. The molecule has 0 aromatic heterocycles. The lowest BCUT2D eigenvalue weighted by Gasteiger charge is -2.18. The molecule has 0 spiro atoms. The highest BCUT2D eigenvalue weighted by molar-refractivity contribution is 6.30. The highest BCUT2D eigenvalue weighted by Crippen LogP contribution is 2.22. The highest BCUT2D eigenvalue weighted by atomic mass is 35.5. The second kappa shape index (κ2) is 4.20. The predicted molar refractivity (Wildman–Crippen MR) is 60.7 cm³/mol. The van der Waals surface area contributed by atoms with E-state index in [1.807, 2.05) is 24.3 Å². The van der Waals surface area contributed by atoms with Gasteiger partial charge in [-0.3, -0.25) is 0 Å². The lowest BCUT2D eigenvalue weighted by atomic mass is 10.2. The van der Waals surface area contributed by atoms with E-state index in [4.69, 9.17) is 17.3 Å². The molecule has 3 heteroatoms. The van der Waals surface area contributed by atoms with Gasteiger partial charge in [0.05, 0.1) is 0 Å². The number of hydrogen-bond donors (Lipinski definition) is 2. The fourth-order valence-electron chi connectivity index (χ4n) is 1.93. The van der Waals surface area contributed by atoms with E-state index in [-0.39, 0.29) is 0 Å².